The molecule has 0 spiro atoms. The van der Waals surface area contributed by atoms with Gasteiger partial charge in [-0.25, -0.2) is 4.98 Å². The Balaban J connectivity index is 1.26. The molecule has 0 radical (unpaired) electrons. The average Bonchev–Trinajstić information content (AvgIpc) is 3.34. The van der Waals surface area contributed by atoms with Crippen LogP contribution in [0.15, 0.2) is 64.3 Å². The molecular formula is C21H25BrN6. The lowest BCUT2D eigenvalue weighted by Gasteiger charge is -2.20. The number of hydrogen-bond acceptors (Lipinski definition) is 3. The molecule has 2 N–H and O–H groups in total. The summed E-state index contributed by atoms with van der Waals surface area (Å²) in [6.45, 7) is 2.83. The molecule has 2 aromatic heterocycles. The Bertz CT molecular complexity index is 916. The van der Waals surface area contributed by atoms with Gasteiger partial charge in [0.05, 0.1) is 5.69 Å². The number of imidazole rings is 1. The number of fused-ring (bicyclic) bond motifs is 1. The van der Waals surface area contributed by atoms with Crippen LogP contribution in [0.2, 0.25) is 0 Å². The van der Waals surface area contributed by atoms with Crippen molar-refractivity contribution < 1.29 is 0 Å². The molecule has 7 heteroatoms. The van der Waals surface area contributed by atoms with Crippen molar-refractivity contribution in [2.24, 2.45) is 4.99 Å². The van der Waals surface area contributed by atoms with Gasteiger partial charge in [0.1, 0.15) is 5.65 Å². The summed E-state index contributed by atoms with van der Waals surface area (Å²) in [4.78, 5) is 11.4. The third kappa shape index (κ3) is 4.47. The van der Waals surface area contributed by atoms with Gasteiger partial charge in [-0.05, 0) is 42.8 Å². The fourth-order valence-corrected chi connectivity index (χ4v) is 3.83. The van der Waals surface area contributed by atoms with Crippen molar-refractivity contribution >= 4 is 33.2 Å². The van der Waals surface area contributed by atoms with Crippen molar-refractivity contribution in [1.29, 1.82) is 0 Å². The summed E-state index contributed by atoms with van der Waals surface area (Å²) >= 11 is 3.50. The predicted octanol–water partition coefficient (Wildman–Crippen LogP) is 3.08. The SMILES string of the molecule is CN=C(NCCc1cn2ccccc2n1)NC1CCN(c2ccc(Br)cc2)C1. The molecule has 4 rings (SSSR count). The van der Waals surface area contributed by atoms with Crippen molar-refractivity contribution in [2.75, 3.05) is 31.6 Å². The summed E-state index contributed by atoms with van der Waals surface area (Å²) in [5.41, 5.74) is 3.33. The molecule has 0 saturated carbocycles. The largest absolute Gasteiger partial charge is 0.369 e. The van der Waals surface area contributed by atoms with Crippen molar-refractivity contribution in [3.05, 3.63) is 65.0 Å². The summed E-state index contributed by atoms with van der Waals surface area (Å²) in [5, 5.41) is 6.97. The number of pyridine rings is 1. The van der Waals surface area contributed by atoms with E-state index in [2.05, 4.69) is 76.3 Å². The number of rotatable bonds is 5. The Kier molecular flexibility index (Phi) is 5.81. The maximum atomic E-state index is 4.64. The van der Waals surface area contributed by atoms with Crippen LogP contribution in [0, 0.1) is 0 Å². The Hall–Kier alpha value is -2.54. The quantitative estimate of drug-likeness (QED) is 0.472. The van der Waals surface area contributed by atoms with E-state index < -0.39 is 0 Å². The Morgan fingerprint density at radius 1 is 1.25 bits per heavy atom. The minimum Gasteiger partial charge on any atom is -0.369 e. The molecular weight excluding hydrogens is 416 g/mol. The standard InChI is InChI=1S/C21H25BrN6/c1-23-21(24-11-9-17-15-28-12-3-2-4-20(28)25-17)26-18-10-13-27(14-18)19-7-5-16(22)6-8-19/h2-8,12,15,18H,9-11,13-14H2,1H3,(H2,23,24,26). The van der Waals surface area contributed by atoms with Crippen molar-refractivity contribution in [2.45, 2.75) is 18.9 Å². The summed E-state index contributed by atoms with van der Waals surface area (Å²) in [7, 11) is 1.82. The maximum absolute atomic E-state index is 4.64. The average molecular weight is 441 g/mol. The van der Waals surface area contributed by atoms with E-state index in [0.29, 0.717) is 6.04 Å². The van der Waals surface area contributed by atoms with Crippen molar-refractivity contribution in [3.63, 3.8) is 0 Å². The zero-order valence-electron chi connectivity index (χ0n) is 16.0. The van der Waals surface area contributed by atoms with Gasteiger partial charge in [-0.2, -0.15) is 0 Å². The summed E-state index contributed by atoms with van der Waals surface area (Å²) < 4.78 is 3.16. The number of aromatic nitrogens is 2. The predicted molar refractivity (Wildman–Crippen MR) is 118 cm³/mol. The first-order valence-electron chi connectivity index (χ1n) is 9.61. The fraction of sp³-hybridized carbons (Fsp3) is 0.333. The third-order valence-electron chi connectivity index (χ3n) is 5.03. The highest BCUT2D eigenvalue weighted by atomic mass is 79.9. The Labute approximate surface area is 173 Å². The van der Waals surface area contributed by atoms with Crippen LogP contribution in [0.4, 0.5) is 5.69 Å². The number of guanidine groups is 1. The van der Waals surface area contributed by atoms with Crippen LogP contribution in [-0.2, 0) is 6.42 Å². The van der Waals surface area contributed by atoms with E-state index in [1.165, 1.54) is 5.69 Å². The lowest BCUT2D eigenvalue weighted by Crippen LogP contribution is -2.45. The molecule has 1 fully saturated rings. The summed E-state index contributed by atoms with van der Waals surface area (Å²) in [6.07, 6.45) is 6.07. The van der Waals surface area contributed by atoms with E-state index in [1.807, 2.05) is 31.4 Å². The second-order valence-electron chi connectivity index (χ2n) is 7.00. The first-order chi connectivity index (χ1) is 13.7. The summed E-state index contributed by atoms with van der Waals surface area (Å²) in [5.74, 6) is 0.853. The highest BCUT2D eigenvalue weighted by Crippen LogP contribution is 2.22. The molecule has 1 aliphatic rings. The van der Waals surface area contributed by atoms with Crippen molar-refractivity contribution in [1.82, 2.24) is 20.0 Å². The fourth-order valence-electron chi connectivity index (χ4n) is 3.57. The van der Waals surface area contributed by atoms with Crippen LogP contribution in [0.1, 0.15) is 12.1 Å². The molecule has 1 atom stereocenters. The van der Waals surface area contributed by atoms with Crippen LogP contribution in [-0.4, -0.2) is 48.1 Å². The first-order valence-corrected chi connectivity index (χ1v) is 10.4. The monoisotopic (exact) mass is 440 g/mol. The van der Waals surface area contributed by atoms with E-state index in [4.69, 9.17) is 0 Å². The number of nitrogens with zero attached hydrogens (tertiary/aromatic N) is 4. The minimum absolute atomic E-state index is 0.394. The van der Waals surface area contributed by atoms with Gasteiger partial charge >= 0.3 is 0 Å². The van der Waals surface area contributed by atoms with Gasteiger partial charge in [-0.3, -0.25) is 4.99 Å². The molecule has 3 heterocycles. The molecule has 1 saturated heterocycles. The van der Waals surface area contributed by atoms with Gasteiger partial charge in [0.25, 0.3) is 0 Å². The normalized spacial score (nSPS) is 17.3. The van der Waals surface area contributed by atoms with E-state index >= 15 is 0 Å². The van der Waals surface area contributed by atoms with E-state index in [-0.39, 0.29) is 0 Å². The highest BCUT2D eigenvalue weighted by molar-refractivity contribution is 9.10. The maximum Gasteiger partial charge on any atom is 0.191 e. The van der Waals surface area contributed by atoms with Crippen LogP contribution < -0.4 is 15.5 Å². The highest BCUT2D eigenvalue weighted by Gasteiger charge is 2.23. The topological polar surface area (TPSA) is 57.0 Å². The second kappa shape index (κ2) is 8.65. The van der Waals surface area contributed by atoms with Gasteiger partial charge < -0.3 is 19.9 Å². The number of nitrogens with one attached hydrogen (secondary N) is 2. The van der Waals surface area contributed by atoms with Gasteiger partial charge in [-0.1, -0.05) is 22.0 Å². The number of anilines is 1. The third-order valence-corrected chi connectivity index (χ3v) is 5.56. The molecule has 6 nitrogen and oxygen atoms in total. The Morgan fingerprint density at radius 3 is 2.89 bits per heavy atom. The zero-order valence-corrected chi connectivity index (χ0v) is 17.6. The van der Waals surface area contributed by atoms with Gasteiger partial charge in [0.2, 0.25) is 0 Å². The number of hydrogen-bond donors (Lipinski definition) is 2. The zero-order chi connectivity index (χ0) is 19.3. The van der Waals surface area contributed by atoms with Crippen LogP contribution in [0.3, 0.4) is 0 Å². The summed E-state index contributed by atoms with van der Waals surface area (Å²) in [6, 6.07) is 14.9. The first kappa shape index (κ1) is 18.8. The van der Waals surface area contributed by atoms with Crippen LogP contribution in [0.25, 0.3) is 5.65 Å². The van der Waals surface area contributed by atoms with Gasteiger partial charge in [-0.15, -0.1) is 0 Å². The van der Waals surface area contributed by atoms with E-state index in [0.717, 1.165) is 54.2 Å². The lowest BCUT2D eigenvalue weighted by atomic mass is 10.2. The molecule has 0 amide bonds. The smallest absolute Gasteiger partial charge is 0.191 e. The second-order valence-corrected chi connectivity index (χ2v) is 7.92. The van der Waals surface area contributed by atoms with E-state index in [1.54, 1.807) is 0 Å². The number of halogens is 1. The Morgan fingerprint density at radius 2 is 2.11 bits per heavy atom. The molecule has 28 heavy (non-hydrogen) atoms. The van der Waals surface area contributed by atoms with E-state index in [9.17, 15) is 0 Å². The van der Waals surface area contributed by atoms with Gasteiger partial charge in [0.15, 0.2) is 5.96 Å². The molecule has 1 aromatic carbocycles. The van der Waals surface area contributed by atoms with Crippen LogP contribution in [0.5, 0.6) is 0 Å². The lowest BCUT2D eigenvalue weighted by molar-refractivity contribution is 0.648. The molecule has 1 aliphatic heterocycles. The van der Waals surface area contributed by atoms with Crippen LogP contribution >= 0.6 is 15.9 Å². The number of aliphatic imine (C=N–C) groups is 1. The molecule has 3 aromatic rings. The number of benzene rings is 1. The molecule has 0 aliphatic carbocycles. The molecule has 1 unspecified atom stereocenters. The minimum atomic E-state index is 0.394. The van der Waals surface area contributed by atoms with Gasteiger partial charge in [0, 0.05) is 61.7 Å². The van der Waals surface area contributed by atoms with Crippen molar-refractivity contribution in [3.8, 4) is 0 Å². The molecule has 146 valence electrons. The molecule has 0 bridgehead atoms.